The van der Waals surface area contributed by atoms with Crippen molar-refractivity contribution in [2.24, 2.45) is 0 Å². The number of nitrogens with one attached hydrogen (secondary N) is 1. The van der Waals surface area contributed by atoms with Crippen molar-refractivity contribution in [3.8, 4) is 0 Å². The zero-order valence-electron chi connectivity index (χ0n) is 10.8. The number of hydrogen-bond donors (Lipinski definition) is 1. The lowest BCUT2D eigenvalue weighted by molar-refractivity contribution is -0.159. The third-order valence-electron chi connectivity index (χ3n) is 2.77. The van der Waals surface area contributed by atoms with Crippen LogP contribution in [0.25, 0.3) is 0 Å². The average molecular weight is 322 g/mol. The van der Waals surface area contributed by atoms with Gasteiger partial charge in [0.1, 0.15) is 17.7 Å². The molecule has 0 spiro atoms. The number of benzene rings is 1. The molecule has 1 N–H and O–H groups in total. The first-order valence-corrected chi connectivity index (χ1v) is 6.82. The summed E-state index contributed by atoms with van der Waals surface area (Å²) in [6.07, 6.45) is -4.83. The van der Waals surface area contributed by atoms with Crippen molar-refractivity contribution in [1.29, 1.82) is 0 Å². The predicted molar refractivity (Wildman–Crippen MR) is 68.8 cm³/mol. The Hall–Kier alpha value is -1.54. The molecule has 0 aliphatic heterocycles. The summed E-state index contributed by atoms with van der Waals surface area (Å²) in [4.78, 5) is 4.00. The number of nitrogens with zero attached hydrogens (tertiary/aromatic N) is 1. The van der Waals surface area contributed by atoms with Gasteiger partial charge in [0.15, 0.2) is 0 Å². The normalized spacial score (nSPS) is 13.4. The van der Waals surface area contributed by atoms with E-state index in [1.165, 1.54) is 11.3 Å². The van der Waals surface area contributed by atoms with Crippen LogP contribution in [0.1, 0.15) is 22.3 Å². The standard InChI is InChI=1S/C13H11F5N2S/c1-7-20-8(6-21-7)5-19-12(13(16,17)18)11-9(14)3-2-4-10(11)15/h2-4,6,12,19H,5H2,1H3/t12-/m1/s1. The smallest absolute Gasteiger partial charge is 0.297 e. The van der Waals surface area contributed by atoms with Gasteiger partial charge in [0.2, 0.25) is 0 Å². The van der Waals surface area contributed by atoms with Crippen molar-refractivity contribution in [2.75, 3.05) is 0 Å². The molecule has 0 fully saturated rings. The third kappa shape index (κ3) is 3.76. The van der Waals surface area contributed by atoms with E-state index in [1.54, 1.807) is 12.3 Å². The second kappa shape index (κ2) is 6.07. The van der Waals surface area contributed by atoms with Crippen LogP contribution in [-0.2, 0) is 6.54 Å². The summed E-state index contributed by atoms with van der Waals surface area (Å²) in [7, 11) is 0. The number of halogens is 5. The molecule has 8 heteroatoms. The van der Waals surface area contributed by atoms with Gasteiger partial charge in [0.05, 0.1) is 10.7 Å². The fourth-order valence-corrected chi connectivity index (χ4v) is 2.48. The molecule has 1 aromatic carbocycles. The van der Waals surface area contributed by atoms with Gasteiger partial charge in [-0.3, -0.25) is 5.32 Å². The molecule has 2 aromatic rings. The molecule has 0 amide bonds. The summed E-state index contributed by atoms with van der Waals surface area (Å²) in [5, 5.41) is 4.42. The minimum atomic E-state index is -4.83. The number of thiazole rings is 1. The highest BCUT2D eigenvalue weighted by Gasteiger charge is 2.43. The Labute approximate surface area is 121 Å². The summed E-state index contributed by atoms with van der Waals surface area (Å²) in [5.41, 5.74) is -0.638. The van der Waals surface area contributed by atoms with Crippen LogP contribution in [-0.4, -0.2) is 11.2 Å². The summed E-state index contributed by atoms with van der Waals surface area (Å²) in [5.74, 6) is -2.47. The lowest BCUT2D eigenvalue weighted by Gasteiger charge is -2.22. The highest BCUT2D eigenvalue weighted by atomic mass is 32.1. The molecule has 0 saturated heterocycles. The van der Waals surface area contributed by atoms with E-state index < -0.39 is 29.4 Å². The first kappa shape index (κ1) is 15.8. The fourth-order valence-electron chi connectivity index (χ4n) is 1.86. The fraction of sp³-hybridized carbons (Fsp3) is 0.308. The zero-order chi connectivity index (χ0) is 15.6. The van der Waals surface area contributed by atoms with Crippen molar-refractivity contribution in [1.82, 2.24) is 10.3 Å². The lowest BCUT2D eigenvalue weighted by atomic mass is 10.0. The van der Waals surface area contributed by atoms with E-state index in [0.717, 1.165) is 18.2 Å². The Morgan fingerprint density at radius 1 is 1.24 bits per heavy atom. The average Bonchev–Trinajstić information content (AvgIpc) is 2.77. The maximum atomic E-state index is 13.6. The predicted octanol–water partition coefficient (Wildman–Crippen LogP) is 4.12. The van der Waals surface area contributed by atoms with Crippen molar-refractivity contribution >= 4 is 11.3 Å². The second-order valence-corrected chi connectivity index (χ2v) is 5.41. The van der Waals surface area contributed by atoms with Gasteiger partial charge in [0.25, 0.3) is 0 Å². The van der Waals surface area contributed by atoms with E-state index >= 15 is 0 Å². The van der Waals surface area contributed by atoms with E-state index in [4.69, 9.17) is 0 Å². The van der Waals surface area contributed by atoms with Gasteiger partial charge in [-0.25, -0.2) is 13.8 Å². The van der Waals surface area contributed by atoms with Crippen molar-refractivity contribution in [2.45, 2.75) is 25.7 Å². The number of alkyl halides is 3. The van der Waals surface area contributed by atoms with Crippen LogP contribution >= 0.6 is 11.3 Å². The molecule has 0 aliphatic carbocycles. The van der Waals surface area contributed by atoms with Gasteiger partial charge >= 0.3 is 6.18 Å². The van der Waals surface area contributed by atoms with E-state index in [-0.39, 0.29) is 6.54 Å². The summed E-state index contributed by atoms with van der Waals surface area (Å²) < 4.78 is 66.3. The Kier molecular flexibility index (Phi) is 4.58. The van der Waals surface area contributed by atoms with Gasteiger partial charge in [-0.15, -0.1) is 11.3 Å². The molecule has 0 unspecified atom stereocenters. The molecule has 2 nitrogen and oxygen atoms in total. The minimum absolute atomic E-state index is 0.234. The van der Waals surface area contributed by atoms with Crippen LogP contribution in [0, 0.1) is 18.6 Å². The minimum Gasteiger partial charge on any atom is -0.297 e. The summed E-state index contributed by atoms with van der Waals surface area (Å²) >= 11 is 1.29. The van der Waals surface area contributed by atoms with Crippen molar-refractivity contribution < 1.29 is 22.0 Å². The summed E-state index contributed by atoms with van der Waals surface area (Å²) in [6.45, 7) is 1.48. The van der Waals surface area contributed by atoms with Crippen LogP contribution in [0.15, 0.2) is 23.6 Å². The molecule has 114 valence electrons. The third-order valence-corrected chi connectivity index (χ3v) is 3.59. The number of aryl methyl sites for hydroxylation is 1. The van der Waals surface area contributed by atoms with Crippen molar-refractivity contribution in [3.63, 3.8) is 0 Å². The quantitative estimate of drug-likeness (QED) is 0.857. The maximum absolute atomic E-state index is 13.6. The molecule has 1 atom stereocenters. The van der Waals surface area contributed by atoms with Gasteiger partial charge in [-0.1, -0.05) is 6.07 Å². The monoisotopic (exact) mass is 322 g/mol. The Bertz CT molecular complexity index is 603. The molecule has 2 rings (SSSR count). The zero-order valence-corrected chi connectivity index (χ0v) is 11.7. The summed E-state index contributed by atoms with van der Waals surface area (Å²) in [6, 6.07) is 0.184. The highest BCUT2D eigenvalue weighted by Crippen LogP contribution is 2.35. The van der Waals surface area contributed by atoms with Gasteiger partial charge in [-0.05, 0) is 19.1 Å². The molecule has 0 radical (unpaired) electrons. The van der Waals surface area contributed by atoms with Crippen LogP contribution in [0.3, 0.4) is 0 Å². The molecule has 0 aliphatic rings. The van der Waals surface area contributed by atoms with E-state index in [1.807, 2.05) is 0 Å². The molecular formula is C13H11F5N2S. The molecule has 0 saturated carbocycles. The van der Waals surface area contributed by atoms with Gasteiger partial charge in [-0.2, -0.15) is 13.2 Å². The van der Waals surface area contributed by atoms with Crippen LogP contribution in [0.4, 0.5) is 22.0 Å². The number of aromatic nitrogens is 1. The van der Waals surface area contributed by atoms with Gasteiger partial charge < -0.3 is 0 Å². The van der Waals surface area contributed by atoms with Crippen LogP contribution in [0.5, 0.6) is 0 Å². The molecule has 0 bridgehead atoms. The van der Waals surface area contributed by atoms with Gasteiger partial charge in [0, 0.05) is 17.5 Å². The number of rotatable bonds is 4. The van der Waals surface area contributed by atoms with E-state index in [2.05, 4.69) is 10.3 Å². The Balaban J connectivity index is 2.27. The first-order valence-electron chi connectivity index (χ1n) is 5.94. The first-order chi connectivity index (χ1) is 9.79. The van der Waals surface area contributed by atoms with Crippen LogP contribution < -0.4 is 5.32 Å². The SMILES string of the molecule is Cc1nc(CN[C@H](c2c(F)cccc2F)C(F)(F)F)cs1. The maximum Gasteiger partial charge on any atom is 0.408 e. The molecule has 21 heavy (non-hydrogen) atoms. The Morgan fingerprint density at radius 3 is 2.33 bits per heavy atom. The Morgan fingerprint density at radius 2 is 1.86 bits per heavy atom. The van der Waals surface area contributed by atoms with Crippen LogP contribution in [0.2, 0.25) is 0 Å². The van der Waals surface area contributed by atoms with E-state index in [9.17, 15) is 22.0 Å². The second-order valence-electron chi connectivity index (χ2n) is 4.35. The lowest BCUT2D eigenvalue weighted by Crippen LogP contribution is -2.35. The molecule has 1 aromatic heterocycles. The largest absolute Gasteiger partial charge is 0.408 e. The topological polar surface area (TPSA) is 24.9 Å². The molecule has 1 heterocycles. The highest BCUT2D eigenvalue weighted by molar-refractivity contribution is 7.09. The van der Waals surface area contributed by atoms with E-state index in [0.29, 0.717) is 10.7 Å². The molecular weight excluding hydrogens is 311 g/mol. The van der Waals surface area contributed by atoms with Crippen molar-refractivity contribution in [3.05, 3.63) is 51.5 Å². The number of hydrogen-bond acceptors (Lipinski definition) is 3.